The van der Waals surface area contributed by atoms with E-state index in [0.29, 0.717) is 5.75 Å². The zero-order valence-electron chi connectivity index (χ0n) is 13.0. The number of hydrogen-bond acceptors (Lipinski definition) is 6. The van der Waals surface area contributed by atoms with E-state index in [2.05, 4.69) is 5.32 Å². The smallest absolute Gasteiger partial charge is 0.340 e. The Bertz CT molecular complexity index is 824. The maximum absolute atomic E-state index is 11.9. The molecule has 0 fully saturated rings. The number of nitro benzene ring substituents is 1. The molecule has 2 aromatic carbocycles. The average molecular weight is 365 g/mol. The molecule has 25 heavy (non-hydrogen) atoms. The van der Waals surface area contributed by atoms with E-state index in [1.165, 1.54) is 37.4 Å². The molecule has 8 nitrogen and oxygen atoms in total. The van der Waals surface area contributed by atoms with E-state index in [4.69, 9.17) is 21.1 Å². The number of nitrogens with one attached hydrogen (secondary N) is 1. The van der Waals surface area contributed by atoms with E-state index in [1.807, 2.05) is 0 Å². The molecule has 2 aromatic rings. The molecular formula is C16H13ClN2O6. The fraction of sp³-hybridized carbons (Fsp3) is 0.125. The standard InChI is InChI=1S/C16H13ClN2O6/c1-24-10-6-7-14(19(22)23)13(8-10)18-15(20)9-25-16(21)11-4-2-3-5-12(11)17/h2-8H,9H2,1H3,(H,18,20). The summed E-state index contributed by atoms with van der Waals surface area (Å²) in [6.45, 7) is -0.627. The number of ether oxygens (including phenoxy) is 2. The minimum absolute atomic E-state index is 0.0665. The van der Waals surface area contributed by atoms with Crippen molar-refractivity contribution in [2.75, 3.05) is 19.0 Å². The topological polar surface area (TPSA) is 108 Å². The molecule has 0 heterocycles. The van der Waals surface area contributed by atoms with E-state index in [1.54, 1.807) is 12.1 Å². The lowest BCUT2D eigenvalue weighted by molar-refractivity contribution is -0.383. The number of nitro groups is 1. The quantitative estimate of drug-likeness (QED) is 0.479. The van der Waals surface area contributed by atoms with Crippen molar-refractivity contribution in [1.82, 2.24) is 0 Å². The molecule has 0 radical (unpaired) electrons. The number of benzene rings is 2. The summed E-state index contributed by atoms with van der Waals surface area (Å²) in [6, 6.07) is 10.1. The predicted octanol–water partition coefficient (Wildman–Crippen LogP) is 3.05. The number of carbonyl (C=O) groups is 2. The summed E-state index contributed by atoms with van der Waals surface area (Å²) < 4.78 is 9.83. The third-order valence-electron chi connectivity index (χ3n) is 3.10. The summed E-state index contributed by atoms with van der Waals surface area (Å²) in [5.41, 5.74) is -0.265. The average Bonchev–Trinajstić information content (AvgIpc) is 2.59. The van der Waals surface area contributed by atoms with E-state index >= 15 is 0 Å². The van der Waals surface area contributed by atoms with Crippen LogP contribution >= 0.6 is 11.6 Å². The van der Waals surface area contributed by atoms with Crippen LogP contribution < -0.4 is 10.1 Å². The number of esters is 1. The molecule has 0 unspecified atom stereocenters. The van der Waals surface area contributed by atoms with Crippen molar-refractivity contribution in [3.05, 3.63) is 63.2 Å². The fourth-order valence-electron chi connectivity index (χ4n) is 1.92. The van der Waals surface area contributed by atoms with Gasteiger partial charge in [0.25, 0.3) is 11.6 Å². The molecule has 0 bridgehead atoms. The third-order valence-corrected chi connectivity index (χ3v) is 3.43. The molecule has 9 heteroatoms. The molecule has 0 aliphatic carbocycles. The number of halogens is 1. The van der Waals surface area contributed by atoms with Crippen molar-refractivity contribution in [2.45, 2.75) is 0 Å². The molecule has 0 atom stereocenters. The monoisotopic (exact) mass is 364 g/mol. The van der Waals surface area contributed by atoms with Gasteiger partial charge in [0.15, 0.2) is 6.61 Å². The Labute approximate surface area is 147 Å². The molecule has 0 aliphatic heterocycles. The number of carbonyl (C=O) groups excluding carboxylic acids is 2. The van der Waals surface area contributed by atoms with Gasteiger partial charge in [-0.3, -0.25) is 14.9 Å². The van der Waals surface area contributed by atoms with Crippen LogP contribution in [0.2, 0.25) is 5.02 Å². The third kappa shape index (κ3) is 4.67. The van der Waals surface area contributed by atoms with Gasteiger partial charge in [-0.25, -0.2) is 4.79 Å². The Morgan fingerprint density at radius 2 is 1.96 bits per heavy atom. The molecule has 0 saturated heterocycles. The van der Waals surface area contributed by atoms with E-state index in [-0.39, 0.29) is 22.0 Å². The van der Waals surface area contributed by atoms with Crippen LogP contribution in [0.1, 0.15) is 10.4 Å². The van der Waals surface area contributed by atoms with Gasteiger partial charge in [-0.2, -0.15) is 0 Å². The summed E-state index contributed by atoms with van der Waals surface area (Å²) >= 11 is 5.86. The number of anilines is 1. The van der Waals surface area contributed by atoms with Gasteiger partial charge in [-0.15, -0.1) is 0 Å². The molecule has 1 amide bonds. The van der Waals surface area contributed by atoms with Gasteiger partial charge in [0.2, 0.25) is 0 Å². The number of amides is 1. The first-order valence-electron chi connectivity index (χ1n) is 6.96. The zero-order valence-corrected chi connectivity index (χ0v) is 13.8. The van der Waals surface area contributed by atoms with Crippen molar-refractivity contribution in [3.63, 3.8) is 0 Å². The van der Waals surface area contributed by atoms with Crippen LogP contribution in [-0.2, 0) is 9.53 Å². The molecule has 0 saturated carbocycles. The molecular weight excluding hydrogens is 352 g/mol. The van der Waals surface area contributed by atoms with Gasteiger partial charge in [0, 0.05) is 12.1 Å². The fourth-order valence-corrected chi connectivity index (χ4v) is 2.14. The maximum Gasteiger partial charge on any atom is 0.340 e. The predicted molar refractivity (Wildman–Crippen MR) is 90.0 cm³/mol. The SMILES string of the molecule is COc1ccc([N+](=O)[O-])c(NC(=O)COC(=O)c2ccccc2Cl)c1. The Morgan fingerprint density at radius 1 is 1.24 bits per heavy atom. The highest BCUT2D eigenvalue weighted by atomic mass is 35.5. The Hall–Kier alpha value is -3.13. The van der Waals surface area contributed by atoms with E-state index < -0.39 is 23.4 Å². The van der Waals surface area contributed by atoms with Gasteiger partial charge in [-0.1, -0.05) is 23.7 Å². The van der Waals surface area contributed by atoms with Crippen LogP contribution in [0.5, 0.6) is 5.75 Å². The summed E-state index contributed by atoms with van der Waals surface area (Å²) in [7, 11) is 1.39. The van der Waals surface area contributed by atoms with Gasteiger partial charge in [-0.05, 0) is 18.2 Å². The van der Waals surface area contributed by atoms with Crippen LogP contribution in [-0.4, -0.2) is 30.5 Å². The van der Waals surface area contributed by atoms with Crippen LogP contribution in [0.3, 0.4) is 0 Å². The number of nitrogens with zero attached hydrogens (tertiary/aromatic N) is 1. The van der Waals surface area contributed by atoms with Gasteiger partial charge in [0.1, 0.15) is 11.4 Å². The van der Waals surface area contributed by atoms with Gasteiger partial charge in [0.05, 0.1) is 22.6 Å². The molecule has 1 N–H and O–H groups in total. The maximum atomic E-state index is 11.9. The van der Waals surface area contributed by atoms with Crippen molar-refractivity contribution in [1.29, 1.82) is 0 Å². The van der Waals surface area contributed by atoms with Gasteiger partial charge >= 0.3 is 5.97 Å². The first-order valence-corrected chi connectivity index (χ1v) is 7.34. The lowest BCUT2D eigenvalue weighted by atomic mass is 10.2. The summed E-state index contributed by atoms with van der Waals surface area (Å²) in [5.74, 6) is -1.19. The minimum atomic E-state index is -0.777. The van der Waals surface area contributed by atoms with Crippen LogP contribution in [0.15, 0.2) is 42.5 Å². The Balaban J connectivity index is 2.04. The van der Waals surface area contributed by atoms with Crippen molar-refractivity contribution in [2.24, 2.45) is 0 Å². The van der Waals surface area contributed by atoms with Gasteiger partial charge < -0.3 is 14.8 Å². The summed E-state index contributed by atoms with van der Waals surface area (Å²) in [4.78, 5) is 34.2. The molecule has 0 spiro atoms. The Morgan fingerprint density at radius 3 is 2.60 bits per heavy atom. The summed E-state index contributed by atoms with van der Waals surface area (Å²) in [5, 5.41) is 13.5. The highest BCUT2D eigenvalue weighted by molar-refractivity contribution is 6.33. The number of rotatable bonds is 6. The lowest BCUT2D eigenvalue weighted by Gasteiger charge is -2.09. The summed E-state index contributed by atoms with van der Waals surface area (Å²) in [6.07, 6.45) is 0. The van der Waals surface area contributed by atoms with Crippen LogP contribution in [0, 0.1) is 10.1 Å². The molecule has 130 valence electrons. The molecule has 0 aliphatic rings. The van der Waals surface area contributed by atoms with Crippen LogP contribution in [0.4, 0.5) is 11.4 Å². The molecule has 2 rings (SSSR count). The molecule has 0 aromatic heterocycles. The zero-order chi connectivity index (χ0) is 18.4. The highest BCUT2D eigenvalue weighted by Crippen LogP contribution is 2.28. The second kappa shape index (κ2) is 8.11. The first-order chi connectivity index (χ1) is 11.9. The first kappa shape index (κ1) is 18.2. The Kier molecular flexibility index (Phi) is 5.91. The largest absolute Gasteiger partial charge is 0.497 e. The number of hydrogen-bond donors (Lipinski definition) is 1. The van der Waals surface area contributed by atoms with E-state index in [0.717, 1.165) is 0 Å². The van der Waals surface area contributed by atoms with Crippen molar-refractivity contribution < 1.29 is 24.0 Å². The van der Waals surface area contributed by atoms with E-state index in [9.17, 15) is 19.7 Å². The van der Waals surface area contributed by atoms with Crippen molar-refractivity contribution in [3.8, 4) is 5.75 Å². The number of methoxy groups -OCH3 is 1. The van der Waals surface area contributed by atoms with Crippen molar-refractivity contribution >= 4 is 34.9 Å². The minimum Gasteiger partial charge on any atom is -0.497 e. The normalized spacial score (nSPS) is 10.0. The second-order valence-corrected chi connectivity index (χ2v) is 5.15. The second-order valence-electron chi connectivity index (χ2n) is 4.74. The van der Waals surface area contributed by atoms with Crippen LogP contribution in [0.25, 0.3) is 0 Å². The lowest BCUT2D eigenvalue weighted by Crippen LogP contribution is -2.21. The highest BCUT2D eigenvalue weighted by Gasteiger charge is 2.18.